The van der Waals surface area contributed by atoms with Gasteiger partial charge in [-0.2, -0.15) is 0 Å². The molecule has 0 atom stereocenters. The lowest BCUT2D eigenvalue weighted by molar-refractivity contribution is 0.102. The van der Waals surface area contributed by atoms with E-state index in [-0.39, 0.29) is 22.1 Å². The van der Waals surface area contributed by atoms with Crippen LogP contribution in [-0.2, 0) is 22.1 Å². The Balaban J connectivity index is 1.44. The molecule has 0 aliphatic carbocycles. The van der Waals surface area contributed by atoms with E-state index in [1.807, 2.05) is 12.1 Å². The van der Waals surface area contributed by atoms with Gasteiger partial charge in [-0.1, -0.05) is 48.5 Å². The standard InChI is InChI=1S/C26H22N2O4S/c29-25-11-4-5-16-28(25)18-20-12-14-23(15-13-20)27-26(30)22-8-6-7-21(17-22)19-33(31,32)24-9-2-1-3-10-24/h1-17H,18-19H2,(H,27,30). The Labute approximate surface area is 192 Å². The molecule has 0 bridgehead atoms. The van der Waals surface area contributed by atoms with Crippen molar-refractivity contribution in [3.63, 3.8) is 0 Å². The van der Waals surface area contributed by atoms with Gasteiger partial charge >= 0.3 is 0 Å². The Morgan fingerprint density at radius 1 is 0.788 bits per heavy atom. The second-order valence-electron chi connectivity index (χ2n) is 7.59. The van der Waals surface area contributed by atoms with Gasteiger partial charge in [0, 0.05) is 23.5 Å². The van der Waals surface area contributed by atoms with Crippen molar-refractivity contribution in [2.45, 2.75) is 17.2 Å². The van der Waals surface area contributed by atoms with E-state index in [9.17, 15) is 18.0 Å². The zero-order chi connectivity index (χ0) is 23.3. The van der Waals surface area contributed by atoms with Gasteiger partial charge in [0.2, 0.25) is 0 Å². The van der Waals surface area contributed by atoms with Crippen LogP contribution in [0.15, 0.2) is 113 Å². The van der Waals surface area contributed by atoms with E-state index in [4.69, 9.17) is 0 Å². The van der Waals surface area contributed by atoms with Gasteiger partial charge in [0.05, 0.1) is 17.2 Å². The van der Waals surface area contributed by atoms with Crippen molar-refractivity contribution in [1.82, 2.24) is 4.57 Å². The van der Waals surface area contributed by atoms with E-state index in [0.717, 1.165) is 5.56 Å². The van der Waals surface area contributed by atoms with Crippen molar-refractivity contribution in [3.05, 3.63) is 130 Å². The zero-order valence-electron chi connectivity index (χ0n) is 17.7. The second kappa shape index (κ2) is 9.67. The van der Waals surface area contributed by atoms with Crippen molar-refractivity contribution < 1.29 is 13.2 Å². The quantitative estimate of drug-likeness (QED) is 0.451. The van der Waals surface area contributed by atoms with E-state index in [1.54, 1.807) is 89.6 Å². The molecule has 1 heterocycles. The molecule has 0 spiro atoms. The number of benzene rings is 3. The summed E-state index contributed by atoms with van der Waals surface area (Å²) in [6.45, 7) is 0.436. The average Bonchev–Trinajstić information content (AvgIpc) is 2.82. The van der Waals surface area contributed by atoms with E-state index in [0.29, 0.717) is 23.4 Å². The largest absolute Gasteiger partial charge is 0.322 e. The van der Waals surface area contributed by atoms with Crippen LogP contribution in [0, 0.1) is 0 Å². The maximum absolute atomic E-state index is 12.7. The molecule has 0 radical (unpaired) electrons. The van der Waals surface area contributed by atoms with Crippen LogP contribution in [-0.4, -0.2) is 18.9 Å². The van der Waals surface area contributed by atoms with Gasteiger partial charge < -0.3 is 9.88 Å². The molecule has 7 heteroatoms. The number of nitrogens with one attached hydrogen (secondary N) is 1. The fourth-order valence-corrected chi connectivity index (χ4v) is 4.77. The molecule has 0 saturated carbocycles. The summed E-state index contributed by atoms with van der Waals surface area (Å²) in [5.74, 6) is -0.521. The summed E-state index contributed by atoms with van der Waals surface area (Å²) in [6, 6.07) is 27.1. The predicted octanol–water partition coefficient (Wildman–Crippen LogP) is 4.12. The minimum absolute atomic E-state index is 0.0796. The third-order valence-corrected chi connectivity index (χ3v) is 6.82. The number of carbonyl (C=O) groups excluding carboxylic acids is 1. The van der Waals surface area contributed by atoms with Gasteiger partial charge in [-0.05, 0) is 53.6 Å². The molecule has 1 amide bonds. The molecule has 0 fully saturated rings. The minimum atomic E-state index is -3.50. The first-order valence-corrected chi connectivity index (χ1v) is 12.0. The first kappa shape index (κ1) is 22.2. The molecule has 0 unspecified atom stereocenters. The molecule has 3 aromatic carbocycles. The summed E-state index contributed by atoms with van der Waals surface area (Å²) in [5.41, 5.74) is 2.36. The molecular formula is C26H22N2O4S. The number of carbonyl (C=O) groups is 1. The van der Waals surface area contributed by atoms with Crippen LogP contribution in [0.2, 0.25) is 0 Å². The van der Waals surface area contributed by atoms with Gasteiger partial charge in [-0.3, -0.25) is 9.59 Å². The van der Waals surface area contributed by atoms with Gasteiger partial charge in [0.25, 0.3) is 11.5 Å². The third kappa shape index (κ3) is 5.64. The summed E-state index contributed by atoms with van der Waals surface area (Å²) in [6.07, 6.45) is 1.73. The lowest BCUT2D eigenvalue weighted by Crippen LogP contribution is -2.18. The SMILES string of the molecule is O=C(Nc1ccc(Cn2ccccc2=O)cc1)c1cccc(CS(=O)(=O)c2ccccc2)c1. The molecular weight excluding hydrogens is 436 g/mol. The smallest absolute Gasteiger partial charge is 0.255 e. The first-order valence-electron chi connectivity index (χ1n) is 10.3. The van der Waals surface area contributed by atoms with Crippen LogP contribution < -0.4 is 10.9 Å². The Morgan fingerprint density at radius 3 is 2.24 bits per heavy atom. The first-order chi connectivity index (χ1) is 15.9. The van der Waals surface area contributed by atoms with Crippen molar-refractivity contribution in [2.24, 2.45) is 0 Å². The van der Waals surface area contributed by atoms with Crippen LogP contribution in [0.4, 0.5) is 5.69 Å². The summed E-state index contributed by atoms with van der Waals surface area (Å²) < 4.78 is 26.9. The number of pyridine rings is 1. The lowest BCUT2D eigenvalue weighted by Gasteiger charge is -2.09. The summed E-state index contributed by atoms with van der Waals surface area (Å²) >= 11 is 0. The lowest BCUT2D eigenvalue weighted by atomic mass is 10.1. The normalized spacial score (nSPS) is 11.2. The van der Waals surface area contributed by atoms with E-state index in [1.165, 1.54) is 6.07 Å². The maximum atomic E-state index is 12.7. The average molecular weight is 459 g/mol. The predicted molar refractivity (Wildman–Crippen MR) is 128 cm³/mol. The third-order valence-electron chi connectivity index (χ3n) is 5.11. The number of aromatic nitrogens is 1. The molecule has 4 rings (SSSR count). The van der Waals surface area contributed by atoms with Crippen LogP contribution in [0.3, 0.4) is 0 Å². The number of nitrogens with zero attached hydrogens (tertiary/aromatic N) is 1. The van der Waals surface area contributed by atoms with Gasteiger partial charge in [0.15, 0.2) is 9.84 Å². The fourth-order valence-electron chi connectivity index (χ4n) is 3.42. The van der Waals surface area contributed by atoms with Crippen LogP contribution in [0.25, 0.3) is 0 Å². The molecule has 33 heavy (non-hydrogen) atoms. The fraction of sp³-hybridized carbons (Fsp3) is 0.0769. The zero-order valence-corrected chi connectivity index (χ0v) is 18.5. The number of rotatable bonds is 7. The van der Waals surface area contributed by atoms with E-state index in [2.05, 4.69) is 5.32 Å². The van der Waals surface area contributed by atoms with E-state index < -0.39 is 9.84 Å². The summed E-state index contributed by atoms with van der Waals surface area (Å²) in [5, 5.41) is 2.83. The maximum Gasteiger partial charge on any atom is 0.255 e. The summed E-state index contributed by atoms with van der Waals surface area (Å²) in [4.78, 5) is 24.8. The monoisotopic (exact) mass is 458 g/mol. The molecule has 0 saturated heterocycles. The number of amides is 1. The van der Waals surface area contributed by atoms with Crippen molar-refractivity contribution in [3.8, 4) is 0 Å². The van der Waals surface area contributed by atoms with Crippen molar-refractivity contribution in [2.75, 3.05) is 5.32 Å². The van der Waals surface area contributed by atoms with Crippen LogP contribution in [0.1, 0.15) is 21.5 Å². The Hall–Kier alpha value is -3.97. The van der Waals surface area contributed by atoms with E-state index >= 15 is 0 Å². The highest BCUT2D eigenvalue weighted by Gasteiger charge is 2.16. The van der Waals surface area contributed by atoms with Gasteiger partial charge in [0.1, 0.15) is 0 Å². The number of anilines is 1. The van der Waals surface area contributed by atoms with Crippen LogP contribution >= 0.6 is 0 Å². The molecule has 166 valence electrons. The molecule has 1 aromatic heterocycles. The Bertz CT molecular complexity index is 1430. The van der Waals surface area contributed by atoms with Crippen molar-refractivity contribution >= 4 is 21.4 Å². The van der Waals surface area contributed by atoms with Crippen molar-refractivity contribution in [1.29, 1.82) is 0 Å². The molecule has 0 aliphatic heterocycles. The molecule has 6 nitrogen and oxygen atoms in total. The van der Waals surface area contributed by atoms with Crippen LogP contribution in [0.5, 0.6) is 0 Å². The topological polar surface area (TPSA) is 85.2 Å². The molecule has 4 aromatic rings. The second-order valence-corrected chi connectivity index (χ2v) is 9.58. The molecule has 0 aliphatic rings. The minimum Gasteiger partial charge on any atom is -0.322 e. The highest BCUT2D eigenvalue weighted by atomic mass is 32.2. The van der Waals surface area contributed by atoms with Gasteiger partial charge in [-0.25, -0.2) is 8.42 Å². The highest BCUT2D eigenvalue weighted by Crippen LogP contribution is 2.18. The summed E-state index contributed by atoms with van der Waals surface area (Å²) in [7, 11) is -3.50. The number of hydrogen-bond acceptors (Lipinski definition) is 4. The number of hydrogen-bond donors (Lipinski definition) is 1. The Morgan fingerprint density at radius 2 is 1.52 bits per heavy atom. The number of sulfone groups is 1. The highest BCUT2D eigenvalue weighted by molar-refractivity contribution is 7.90. The molecule has 1 N–H and O–H groups in total. The van der Waals surface area contributed by atoms with Gasteiger partial charge in [-0.15, -0.1) is 0 Å². The Kier molecular flexibility index (Phi) is 6.51.